The maximum absolute atomic E-state index is 11.3. The van der Waals surface area contributed by atoms with Gasteiger partial charge in [-0.1, -0.05) is 13.3 Å². The number of carboxylic acids is 2. The molecule has 0 radical (unpaired) electrons. The maximum Gasteiger partial charge on any atom is 0.326 e. The molecule has 0 aromatic heterocycles. The Labute approximate surface area is 100 Å². The third-order valence-corrected chi connectivity index (χ3v) is 2.34. The number of carbonyl (C=O) groups excluding carboxylic acids is 1. The van der Waals surface area contributed by atoms with Crippen molar-refractivity contribution in [2.24, 2.45) is 0 Å². The van der Waals surface area contributed by atoms with E-state index in [2.05, 4.69) is 5.32 Å². The fourth-order valence-corrected chi connectivity index (χ4v) is 1.34. The molecule has 98 valence electrons. The lowest BCUT2D eigenvalue weighted by Gasteiger charge is -2.11. The molecule has 1 atom stereocenters. The molecular weight excluding hydrogens is 226 g/mol. The fourth-order valence-electron chi connectivity index (χ4n) is 1.34. The highest BCUT2D eigenvalue weighted by Crippen LogP contribution is 2.03. The van der Waals surface area contributed by atoms with Crippen LogP contribution in [0.15, 0.2) is 0 Å². The van der Waals surface area contributed by atoms with Gasteiger partial charge in [0, 0.05) is 12.8 Å². The van der Waals surface area contributed by atoms with E-state index >= 15 is 0 Å². The lowest BCUT2D eigenvalue weighted by molar-refractivity contribution is -0.142. The molecule has 6 nitrogen and oxygen atoms in total. The van der Waals surface area contributed by atoms with Gasteiger partial charge in [0.2, 0.25) is 5.91 Å². The summed E-state index contributed by atoms with van der Waals surface area (Å²) < 4.78 is 0. The first kappa shape index (κ1) is 15.4. The Morgan fingerprint density at radius 2 is 1.65 bits per heavy atom. The molecule has 0 saturated carbocycles. The van der Waals surface area contributed by atoms with Crippen LogP contribution in [0.1, 0.15) is 45.4 Å². The number of hydrogen-bond donors (Lipinski definition) is 3. The van der Waals surface area contributed by atoms with Crippen LogP contribution in [0.3, 0.4) is 0 Å². The second kappa shape index (κ2) is 8.55. The maximum atomic E-state index is 11.3. The minimum absolute atomic E-state index is 0.105. The Morgan fingerprint density at radius 1 is 1.06 bits per heavy atom. The molecule has 0 aliphatic carbocycles. The molecule has 0 aliphatic rings. The van der Waals surface area contributed by atoms with Crippen LogP contribution in [0.2, 0.25) is 0 Å². The molecular formula is C11H19NO5. The first-order valence-electron chi connectivity index (χ1n) is 5.71. The average Bonchev–Trinajstić information content (AvgIpc) is 2.24. The molecule has 0 saturated heterocycles. The third kappa shape index (κ3) is 8.24. The van der Waals surface area contributed by atoms with Crippen molar-refractivity contribution in [1.29, 1.82) is 0 Å². The summed E-state index contributed by atoms with van der Waals surface area (Å²) >= 11 is 0. The van der Waals surface area contributed by atoms with E-state index in [9.17, 15) is 14.4 Å². The van der Waals surface area contributed by atoms with E-state index in [1.165, 1.54) is 0 Å². The summed E-state index contributed by atoms with van der Waals surface area (Å²) in [6, 6.07) is -0.832. The van der Waals surface area contributed by atoms with Gasteiger partial charge in [-0.05, 0) is 19.3 Å². The first-order chi connectivity index (χ1) is 7.97. The molecule has 1 unspecified atom stereocenters. The summed E-state index contributed by atoms with van der Waals surface area (Å²) in [5.41, 5.74) is 0. The molecule has 1 amide bonds. The zero-order valence-corrected chi connectivity index (χ0v) is 9.94. The summed E-state index contributed by atoms with van der Waals surface area (Å²) in [5.74, 6) is -2.17. The zero-order valence-electron chi connectivity index (χ0n) is 9.94. The van der Waals surface area contributed by atoms with Gasteiger partial charge in [0.15, 0.2) is 0 Å². The van der Waals surface area contributed by atoms with E-state index in [0.29, 0.717) is 25.7 Å². The number of hydrogen-bond acceptors (Lipinski definition) is 3. The lowest BCUT2D eigenvalue weighted by Crippen LogP contribution is -2.40. The fraction of sp³-hybridized carbons (Fsp3) is 0.727. The van der Waals surface area contributed by atoms with Crippen molar-refractivity contribution in [2.75, 3.05) is 0 Å². The zero-order chi connectivity index (χ0) is 13.3. The lowest BCUT2D eigenvalue weighted by atomic mass is 10.1. The molecule has 0 spiro atoms. The minimum atomic E-state index is -1.04. The number of nitrogens with one attached hydrogen (secondary N) is 1. The summed E-state index contributed by atoms with van der Waals surface area (Å²) in [6.07, 6.45) is 2.47. The average molecular weight is 245 g/mol. The SMILES string of the molecule is CCC(NC(=O)CCCCCC(=O)O)C(=O)O. The number of amides is 1. The molecule has 0 aromatic carbocycles. The van der Waals surface area contributed by atoms with E-state index in [1.807, 2.05) is 0 Å². The highest BCUT2D eigenvalue weighted by atomic mass is 16.4. The Morgan fingerprint density at radius 3 is 2.12 bits per heavy atom. The van der Waals surface area contributed by atoms with Crippen LogP contribution in [0, 0.1) is 0 Å². The largest absolute Gasteiger partial charge is 0.481 e. The number of aliphatic carboxylic acids is 2. The van der Waals surface area contributed by atoms with Crippen molar-refractivity contribution in [3.63, 3.8) is 0 Å². The quantitative estimate of drug-likeness (QED) is 0.526. The van der Waals surface area contributed by atoms with Gasteiger partial charge in [-0.15, -0.1) is 0 Å². The highest BCUT2D eigenvalue weighted by Gasteiger charge is 2.16. The van der Waals surface area contributed by atoms with Crippen molar-refractivity contribution < 1.29 is 24.6 Å². The van der Waals surface area contributed by atoms with Crippen molar-refractivity contribution in [2.45, 2.75) is 51.5 Å². The number of carboxylic acid groups (broad SMARTS) is 2. The Bertz CT molecular complexity index is 277. The summed E-state index contributed by atoms with van der Waals surface area (Å²) in [7, 11) is 0. The van der Waals surface area contributed by atoms with Crippen molar-refractivity contribution >= 4 is 17.8 Å². The number of carbonyl (C=O) groups is 3. The normalized spacial score (nSPS) is 11.8. The van der Waals surface area contributed by atoms with Gasteiger partial charge in [-0.3, -0.25) is 9.59 Å². The number of rotatable bonds is 9. The number of unbranched alkanes of at least 4 members (excludes halogenated alkanes) is 2. The van der Waals surface area contributed by atoms with Gasteiger partial charge in [0.25, 0.3) is 0 Å². The minimum Gasteiger partial charge on any atom is -0.481 e. The van der Waals surface area contributed by atoms with Crippen molar-refractivity contribution in [3.8, 4) is 0 Å². The van der Waals surface area contributed by atoms with Gasteiger partial charge in [-0.2, -0.15) is 0 Å². The van der Waals surface area contributed by atoms with Crippen molar-refractivity contribution in [1.82, 2.24) is 5.32 Å². The Kier molecular flexibility index (Phi) is 7.75. The van der Waals surface area contributed by atoms with E-state index < -0.39 is 18.0 Å². The molecule has 0 aromatic rings. The van der Waals surface area contributed by atoms with Crippen LogP contribution in [0.4, 0.5) is 0 Å². The van der Waals surface area contributed by atoms with Crippen LogP contribution < -0.4 is 5.32 Å². The van der Waals surface area contributed by atoms with Crippen LogP contribution in [0.5, 0.6) is 0 Å². The van der Waals surface area contributed by atoms with Gasteiger partial charge < -0.3 is 15.5 Å². The van der Waals surface area contributed by atoms with E-state index in [4.69, 9.17) is 10.2 Å². The second-order valence-corrected chi connectivity index (χ2v) is 3.82. The van der Waals surface area contributed by atoms with E-state index in [1.54, 1.807) is 6.92 Å². The van der Waals surface area contributed by atoms with E-state index in [0.717, 1.165) is 0 Å². The molecule has 3 N–H and O–H groups in total. The first-order valence-corrected chi connectivity index (χ1v) is 5.71. The smallest absolute Gasteiger partial charge is 0.326 e. The van der Waals surface area contributed by atoms with Crippen LogP contribution in [-0.2, 0) is 14.4 Å². The standard InChI is InChI=1S/C11H19NO5/c1-2-8(11(16)17)12-9(13)6-4-3-5-7-10(14)15/h8H,2-7H2,1H3,(H,12,13)(H,14,15)(H,16,17). The molecule has 0 fully saturated rings. The van der Waals surface area contributed by atoms with Gasteiger partial charge in [-0.25, -0.2) is 4.79 Å². The van der Waals surface area contributed by atoms with Gasteiger partial charge >= 0.3 is 11.9 Å². The monoisotopic (exact) mass is 245 g/mol. The summed E-state index contributed by atoms with van der Waals surface area (Å²) in [6.45, 7) is 1.69. The van der Waals surface area contributed by atoms with Crippen LogP contribution >= 0.6 is 0 Å². The Balaban J connectivity index is 3.65. The predicted octanol–water partition coefficient (Wildman–Crippen LogP) is 1.00. The predicted molar refractivity (Wildman–Crippen MR) is 60.6 cm³/mol. The molecule has 6 heteroatoms. The summed E-state index contributed by atoms with van der Waals surface area (Å²) in [4.78, 5) is 32.2. The van der Waals surface area contributed by atoms with Gasteiger partial charge in [0.1, 0.15) is 6.04 Å². The second-order valence-electron chi connectivity index (χ2n) is 3.82. The van der Waals surface area contributed by atoms with Gasteiger partial charge in [0.05, 0.1) is 0 Å². The molecule has 17 heavy (non-hydrogen) atoms. The third-order valence-electron chi connectivity index (χ3n) is 2.34. The molecule has 0 bridgehead atoms. The molecule has 0 heterocycles. The van der Waals surface area contributed by atoms with E-state index in [-0.39, 0.29) is 18.7 Å². The Hall–Kier alpha value is -1.59. The molecule has 0 aliphatic heterocycles. The van der Waals surface area contributed by atoms with Crippen LogP contribution in [-0.4, -0.2) is 34.1 Å². The topological polar surface area (TPSA) is 104 Å². The van der Waals surface area contributed by atoms with Crippen molar-refractivity contribution in [3.05, 3.63) is 0 Å². The van der Waals surface area contributed by atoms with Crippen LogP contribution in [0.25, 0.3) is 0 Å². The highest BCUT2D eigenvalue weighted by molar-refractivity contribution is 5.83. The molecule has 0 rings (SSSR count). The summed E-state index contributed by atoms with van der Waals surface area (Å²) in [5, 5.41) is 19.5.